The first-order valence-electron chi connectivity index (χ1n) is 9.06. The zero-order valence-electron chi connectivity index (χ0n) is 13.3. The van der Waals surface area contributed by atoms with Gasteiger partial charge in [0.25, 0.3) is 0 Å². The predicted molar refractivity (Wildman–Crippen MR) is 85.2 cm³/mol. The van der Waals surface area contributed by atoms with Gasteiger partial charge in [0.15, 0.2) is 0 Å². The van der Waals surface area contributed by atoms with Crippen molar-refractivity contribution < 1.29 is 4.79 Å². The number of carbonyl (C=O) groups excluding carboxylic acids is 1. The van der Waals surface area contributed by atoms with Crippen LogP contribution >= 0.6 is 0 Å². The number of hydrogen-bond donors (Lipinski definition) is 2. The van der Waals surface area contributed by atoms with Crippen molar-refractivity contribution in [2.75, 3.05) is 26.2 Å². The highest BCUT2D eigenvalue weighted by atomic mass is 16.2. The summed E-state index contributed by atoms with van der Waals surface area (Å²) in [6, 6.07) is 1.15. The van der Waals surface area contributed by atoms with Crippen LogP contribution < -0.4 is 10.6 Å². The van der Waals surface area contributed by atoms with Crippen LogP contribution in [0, 0.1) is 5.92 Å². The second kappa shape index (κ2) is 7.59. The monoisotopic (exact) mass is 293 g/mol. The number of nitrogens with zero attached hydrogens (tertiary/aromatic N) is 1. The van der Waals surface area contributed by atoms with Gasteiger partial charge in [-0.15, -0.1) is 0 Å². The Morgan fingerprint density at radius 3 is 2.67 bits per heavy atom. The number of likely N-dealkylation sites (tertiary alicyclic amines) is 1. The minimum Gasteiger partial charge on any atom is -0.352 e. The van der Waals surface area contributed by atoms with E-state index in [4.69, 9.17) is 0 Å². The fraction of sp³-hybridized carbons (Fsp3) is 0.941. The fourth-order valence-electron chi connectivity index (χ4n) is 4.40. The van der Waals surface area contributed by atoms with Crippen molar-refractivity contribution >= 4 is 5.91 Å². The van der Waals surface area contributed by atoms with Crippen LogP contribution in [0.3, 0.4) is 0 Å². The van der Waals surface area contributed by atoms with Crippen LogP contribution in [-0.4, -0.2) is 49.1 Å². The molecule has 2 heterocycles. The summed E-state index contributed by atoms with van der Waals surface area (Å²) in [5, 5.41) is 6.89. The van der Waals surface area contributed by atoms with Gasteiger partial charge in [0.2, 0.25) is 5.91 Å². The van der Waals surface area contributed by atoms with E-state index in [1.165, 1.54) is 64.3 Å². The van der Waals surface area contributed by atoms with Gasteiger partial charge in [-0.25, -0.2) is 0 Å². The Balaban J connectivity index is 1.42. The third-order valence-corrected chi connectivity index (χ3v) is 5.55. The summed E-state index contributed by atoms with van der Waals surface area (Å²) in [6.45, 7) is 4.00. The number of carbonyl (C=O) groups is 1. The maximum absolute atomic E-state index is 12.2. The average Bonchev–Trinajstić information content (AvgIpc) is 3.02. The maximum Gasteiger partial charge on any atom is 0.234 e. The van der Waals surface area contributed by atoms with Gasteiger partial charge < -0.3 is 10.6 Å². The smallest absolute Gasteiger partial charge is 0.234 e. The molecular formula is C17H31N3O. The molecular weight excluding hydrogens is 262 g/mol. The first-order valence-corrected chi connectivity index (χ1v) is 9.06. The Morgan fingerprint density at radius 2 is 1.90 bits per heavy atom. The van der Waals surface area contributed by atoms with Gasteiger partial charge >= 0.3 is 0 Å². The van der Waals surface area contributed by atoms with Crippen molar-refractivity contribution in [2.45, 2.75) is 69.9 Å². The molecule has 21 heavy (non-hydrogen) atoms. The molecule has 2 atom stereocenters. The minimum absolute atomic E-state index is 0.252. The third-order valence-electron chi connectivity index (χ3n) is 5.55. The van der Waals surface area contributed by atoms with Crippen molar-refractivity contribution in [3.63, 3.8) is 0 Å². The minimum atomic E-state index is 0.252. The average molecular weight is 293 g/mol. The molecule has 3 rings (SSSR count). The molecule has 4 nitrogen and oxygen atoms in total. The number of piperidine rings is 1. The second-order valence-electron chi connectivity index (χ2n) is 7.24. The maximum atomic E-state index is 12.2. The van der Waals surface area contributed by atoms with Gasteiger partial charge in [0, 0.05) is 18.6 Å². The number of rotatable bonds is 4. The van der Waals surface area contributed by atoms with E-state index >= 15 is 0 Å². The third kappa shape index (κ3) is 4.43. The summed E-state index contributed by atoms with van der Waals surface area (Å²) >= 11 is 0. The van der Waals surface area contributed by atoms with E-state index in [1.807, 2.05) is 0 Å². The largest absolute Gasteiger partial charge is 0.352 e. The number of hydrogen-bond acceptors (Lipinski definition) is 3. The topological polar surface area (TPSA) is 44.4 Å². The molecule has 2 saturated heterocycles. The van der Waals surface area contributed by atoms with Crippen LogP contribution in [0.5, 0.6) is 0 Å². The Hall–Kier alpha value is -0.610. The molecule has 0 spiro atoms. The van der Waals surface area contributed by atoms with E-state index in [-0.39, 0.29) is 5.91 Å². The first kappa shape index (κ1) is 15.3. The van der Waals surface area contributed by atoms with Crippen molar-refractivity contribution in [3.05, 3.63) is 0 Å². The number of nitrogens with one attached hydrogen (secondary N) is 2. The highest BCUT2D eigenvalue weighted by molar-refractivity contribution is 5.78. The van der Waals surface area contributed by atoms with Crippen LogP contribution in [0.25, 0.3) is 0 Å². The molecule has 2 unspecified atom stereocenters. The molecule has 0 aromatic carbocycles. The molecule has 4 heteroatoms. The molecule has 1 aliphatic carbocycles. The second-order valence-corrected chi connectivity index (χ2v) is 7.24. The lowest BCUT2D eigenvalue weighted by molar-refractivity contribution is -0.123. The molecule has 0 aromatic heterocycles. The van der Waals surface area contributed by atoms with Gasteiger partial charge in [-0.3, -0.25) is 9.69 Å². The van der Waals surface area contributed by atoms with Gasteiger partial charge in [-0.05, 0) is 57.5 Å². The van der Waals surface area contributed by atoms with Crippen LogP contribution in [0.15, 0.2) is 0 Å². The van der Waals surface area contributed by atoms with E-state index in [0.29, 0.717) is 18.6 Å². The molecule has 3 fully saturated rings. The van der Waals surface area contributed by atoms with Crippen LogP contribution in [0.2, 0.25) is 0 Å². The van der Waals surface area contributed by atoms with Gasteiger partial charge in [-0.1, -0.05) is 19.3 Å². The summed E-state index contributed by atoms with van der Waals surface area (Å²) in [5.41, 5.74) is 0. The van der Waals surface area contributed by atoms with E-state index in [1.54, 1.807) is 0 Å². The lowest BCUT2D eigenvalue weighted by atomic mass is 9.90. The molecule has 1 amide bonds. The summed E-state index contributed by atoms with van der Waals surface area (Å²) in [5.74, 6) is 1.01. The zero-order chi connectivity index (χ0) is 14.5. The van der Waals surface area contributed by atoms with Gasteiger partial charge in [0.05, 0.1) is 6.54 Å². The van der Waals surface area contributed by atoms with Crippen molar-refractivity contribution in [2.24, 2.45) is 5.92 Å². The Labute approximate surface area is 129 Å². The van der Waals surface area contributed by atoms with E-state index in [9.17, 15) is 4.79 Å². The quantitative estimate of drug-likeness (QED) is 0.832. The van der Waals surface area contributed by atoms with Gasteiger partial charge in [-0.2, -0.15) is 0 Å². The summed E-state index contributed by atoms with van der Waals surface area (Å²) in [4.78, 5) is 14.6. The van der Waals surface area contributed by atoms with Crippen molar-refractivity contribution in [1.82, 2.24) is 15.5 Å². The summed E-state index contributed by atoms with van der Waals surface area (Å²) in [6.07, 6.45) is 11.5. The molecule has 1 saturated carbocycles. The van der Waals surface area contributed by atoms with Crippen molar-refractivity contribution in [3.8, 4) is 0 Å². The summed E-state index contributed by atoms with van der Waals surface area (Å²) in [7, 11) is 0. The molecule has 2 aliphatic heterocycles. The molecule has 0 aromatic rings. The molecule has 0 bridgehead atoms. The van der Waals surface area contributed by atoms with Crippen LogP contribution in [0.1, 0.15) is 57.8 Å². The molecule has 3 aliphatic rings. The lowest BCUT2D eigenvalue weighted by Crippen LogP contribution is -2.48. The molecule has 2 N–H and O–H groups in total. The van der Waals surface area contributed by atoms with Crippen molar-refractivity contribution in [1.29, 1.82) is 0 Å². The predicted octanol–water partition coefficient (Wildman–Crippen LogP) is 1.90. The molecule has 0 radical (unpaired) electrons. The normalized spacial score (nSPS) is 32.2. The zero-order valence-corrected chi connectivity index (χ0v) is 13.3. The van der Waals surface area contributed by atoms with Gasteiger partial charge in [0.1, 0.15) is 0 Å². The highest BCUT2D eigenvalue weighted by Gasteiger charge is 2.29. The Kier molecular flexibility index (Phi) is 5.53. The SMILES string of the molecule is O=C(CN1CCCC(C2CCCN2)C1)NC1CCCCC1. The van der Waals surface area contributed by atoms with Crippen LogP contribution in [-0.2, 0) is 4.79 Å². The first-order chi connectivity index (χ1) is 10.3. The van der Waals surface area contributed by atoms with E-state index in [0.717, 1.165) is 19.0 Å². The fourth-order valence-corrected chi connectivity index (χ4v) is 4.40. The summed E-state index contributed by atoms with van der Waals surface area (Å²) < 4.78 is 0. The number of amides is 1. The van der Waals surface area contributed by atoms with E-state index in [2.05, 4.69) is 15.5 Å². The highest BCUT2D eigenvalue weighted by Crippen LogP contribution is 2.24. The lowest BCUT2D eigenvalue weighted by Gasteiger charge is -2.35. The Bertz CT molecular complexity index is 335. The standard InChI is InChI=1S/C17H31N3O/c21-17(19-15-7-2-1-3-8-15)13-20-11-5-6-14(12-20)16-9-4-10-18-16/h14-16,18H,1-13H2,(H,19,21). The Morgan fingerprint density at radius 1 is 1.05 bits per heavy atom. The van der Waals surface area contributed by atoms with E-state index < -0.39 is 0 Å². The molecule has 120 valence electrons. The van der Waals surface area contributed by atoms with Crippen LogP contribution in [0.4, 0.5) is 0 Å².